The SMILES string of the molecule is CCC/C=C(/CCCCCCCCC(=O)CC(O)c1ccco1)O[Si](C)(C)C. The van der Waals surface area contributed by atoms with Gasteiger partial charge in [-0.15, -0.1) is 0 Å². The molecule has 1 heterocycles. The lowest BCUT2D eigenvalue weighted by atomic mass is 10.0. The molecule has 160 valence electrons. The van der Waals surface area contributed by atoms with Gasteiger partial charge in [-0.3, -0.25) is 4.79 Å². The number of allylic oxidation sites excluding steroid dienone is 2. The van der Waals surface area contributed by atoms with E-state index in [0.717, 1.165) is 38.5 Å². The predicted molar refractivity (Wildman–Crippen MR) is 118 cm³/mol. The van der Waals surface area contributed by atoms with Crippen LogP contribution in [-0.4, -0.2) is 19.2 Å². The second-order valence-electron chi connectivity index (χ2n) is 8.57. The lowest BCUT2D eigenvalue weighted by Gasteiger charge is -2.22. The highest BCUT2D eigenvalue weighted by molar-refractivity contribution is 6.70. The summed E-state index contributed by atoms with van der Waals surface area (Å²) in [6.45, 7) is 8.91. The fourth-order valence-electron chi connectivity index (χ4n) is 3.12. The van der Waals surface area contributed by atoms with Gasteiger partial charge in [0.15, 0.2) is 0 Å². The molecule has 0 aliphatic carbocycles. The Labute approximate surface area is 172 Å². The molecule has 0 aliphatic rings. The van der Waals surface area contributed by atoms with Crippen LogP contribution in [0.25, 0.3) is 0 Å². The number of rotatable bonds is 16. The van der Waals surface area contributed by atoms with Crippen molar-refractivity contribution in [1.29, 1.82) is 0 Å². The van der Waals surface area contributed by atoms with Crippen LogP contribution in [0.1, 0.15) is 89.4 Å². The molecule has 1 atom stereocenters. The normalized spacial score (nSPS) is 13.5. The zero-order valence-corrected chi connectivity index (χ0v) is 19.3. The number of Topliss-reactive ketones (excluding diaryl/α,β-unsaturated/α-hetero) is 1. The van der Waals surface area contributed by atoms with E-state index in [1.165, 1.54) is 31.3 Å². The van der Waals surface area contributed by atoms with Crippen LogP contribution < -0.4 is 0 Å². The van der Waals surface area contributed by atoms with Gasteiger partial charge in [0.1, 0.15) is 17.6 Å². The fourth-order valence-corrected chi connectivity index (χ4v) is 4.09. The molecule has 0 amide bonds. The lowest BCUT2D eigenvalue weighted by molar-refractivity contribution is -0.121. The van der Waals surface area contributed by atoms with E-state index in [2.05, 4.69) is 32.6 Å². The number of furan rings is 1. The number of aliphatic hydroxyl groups excluding tert-OH is 1. The van der Waals surface area contributed by atoms with Gasteiger partial charge in [0, 0.05) is 19.3 Å². The molecule has 28 heavy (non-hydrogen) atoms. The molecule has 0 saturated heterocycles. The molecule has 1 N–H and O–H groups in total. The summed E-state index contributed by atoms with van der Waals surface area (Å²) in [6, 6.07) is 3.43. The van der Waals surface area contributed by atoms with E-state index in [1.807, 2.05) is 0 Å². The third-order valence-electron chi connectivity index (χ3n) is 4.52. The van der Waals surface area contributed by atoms with Gasteiger partial charge in [-0.2, -0.15) is 0 Å². The molecule has 4 nitrogen and oxygen atoms in total. The molecular formula is C23H40O4Si. The number of aliphatic hydroxyl groups is 1. The maximum absolute atomic E-state index is 11.9. The van der Waals surface area contributed by atoms with Crippen molar-refractivity contribution in [2.45, 2.75) is 103 Å². The van der Waals surface area contributed by atoms with Gasteiger partial charge in [0.25, 0.3) is 0 Å². The number of carbonyl (C=O) groups excluding carboxylic acids is 1. The molecule has 5 heteroatoms. The van der Waals surface area contributed by atoms with Gasteiger partial charge in [-0.1, -0.05) is 39.0 Å². The van der Waals surface area contributed by atoms with Crippen molar-refractivity contribution in [3.05, 3.63) is 36.0 Å². The van der Waals surface area contributed by atoms with Crippen molar-refractivity contribution in [2.75, 3.05) is 0 Å². The summed E-state index contributed by atoms with van der Waals surface area (Å²) in [5, 5.41) is 9.92. The van der Waals surface area contributed by atoms with Gasteiger partial charge >= 0.3 is 0 Å². The standard InChI is InChI=1S/C23H40O4Si/c1-5-6-15-21(27-28(2,3)4)16-12-10-8-7-9-11-14-20(24)19-22(25)23-17-13-18-26-23/h13,15,17-18,22,25H,5-12,14,16,19H2,1-4H3/b21-15-. The predicted octanol–water partition coefficient (Wildman–Crippen LogP) is 6.93. The van der Waals surface area contributed by atoms with Gasteiger partial charge in [-0.25, -0.2) is 0 Å². The van der Waals surface area contributed by atoms with E-state index in [0.29, 0.717) is 12.2 Å². The fraction of sp³-hybridized carbons (Fsp3) is 0.696. The first-order valence-corrected chi connectivity index (χ1v) is 14.3. The molecule has 0 aromatic carbocycles. The molecule has 0 fully saturated rings. The second-order valence-corrected chi connectivity index (χ2v) is 13.0. The summed E-state index contributed by atoms with van der Waals surface area (Å²) < 4.78 is 11.3. The van der Waals surface area contributed by atoms with Crippen molar-refractivity contribution >= 4 is 14.1 Å². The molecule has 0 saturated carbocycles. The Hall–Kier alpha value is -1.33. The molecule has 1 aromatic heterocycles. The first kappa shape index (κ1) is 24.7. The zero-order chi connectivity index (χ0) is 20.8. The van der Waals surface area contributed by atoms with Gasteiger partial charge in [0.05, 0.1) is 12.0 Å². The van der Waals surface area contributed by atoms with E-state index < -0.39 is 14.4 Å². The van der Waals surface area contributed by atoms with Crippen molar-refractivity contribution in [2.24, 2.45) is 0 Å². The van der Waals surface area contributed by atoms with E-state index in [1.54, 1.807) is 12.1 Å². The van der Waals surface area contributed by atoms with Gasteiger partial charge in [0.2, 0.25) is 8.32 Å². The Balaban J connectivity index is 2.08. The van der Waals surface area contributed by atoms with Crippen molar-refractivity contribution in [1.82, 2.24) is 0 Å². The van der Waals surface area contributed by atoms with Crippen molar-refractivity contribution in [3.8, 4) is 0 Å². The van der Waals surface area contributed by atoms with Gasteiger partial charge in [-0.05, 0) is 57.1 Å². The van der Waals surface area contributed by atoms with E-state index in [-0.39, 0.29) is 12.2 Å². The minimum Gasteiger partial charge on any atom is -0.548 e. The van der Waals surface area contributed by atoms with Crippen LogP contribution in [0.5, 0.6) is 0 Å². The Morgan fingerprint density at radius 3 is 2.36 bits per heavy atom. The number of unbranched alkanes of at least 4 members (excludes halogenated alkanes) is 6. The zero-order valence-electron chi connectivity index (χ0n) is 18.3. The molecule has 1 aromatic rings. The van der Waals surface area contributed by atoms with Crippen LogP contribution in [0, 0.1) is 0 Å². The van der Waals surface area contributed by atoms with Crippen molar-refractivity contribution < 1.29 is 18.7 Å². The largest absolute Gasteiger partial charge is 0.548 e. The van der Waals surface area contributed by atoms with E-state index in [9.17, 15) is 9.90 Å². The molecule has 0 spiro atoms. The Kier molecular flexibility index (Phi) is 12.2. The summed E-state index contributed by atoms with van der Waals surface area (Å²) >= 11 is 0. The van der Waals surface area contributed by atoms with Crippen LogP contribution in [0.2, 0.25) is 19.6 Å². The first-order chi connectivity index (χ1) is 13.3. The highest BCUT2D eigenvalue weighted by atomic mass is 28.4. The quantitative estimate of drug-likeness (QED) is 0.183. The van der Waals surface area contributed by atoms with Crippen LogP contribution in [0.3, 0.4) is 0 Å². The number of ketones is 1. The monoisotopic (exact) mass is 408 g/mol. The summed E-state index contributed by atoms with van der Waals surface area (Å²) in [5.41, 5.74) is 0. The van der Waals surface area contributed by atoms with Crippen molar-refractivity contribution in [3.63, 3.8) is 0 Å². The molecular weight excluding hydrogens is 368 g/mol. The van der Waals surface area contributed by atoms with Crippen LogP contribution in [0.4, 0.5) is 0 Å². The van der Waals surface area contributed by atoms with Crippen LogP contribution in [-0.2, 0) is 9.22 Å². The van der Waals surface area contributed by atoms with E-state index in [4.69, 9.17) is 8.84 Å². The number of carbonyl (C=O) groups is 1. The third kappa shape index (κ3) is 12.2. The third-order valence-corrected chi connectivity index (χ3v) is 5.39. The summed E-state index contributed by atoms with van der Waals surface area (Å²) in [4.78, 5) is 11.9. The highest BCUT2D eigenvalue weighted by Crippen LogP contribution is 2.20. The first-order valence-electron chi connectivity index (χ1n) is 10.9. The lowest BCUT2D eigenvalue weighted by Crippen LogP contribution is -2.24. The topological polar surface area (TPSA) is 59.7 Å². The number of hydrogen-bond acceptors (Lipinski definition) is 4. The van der Waals surface area contributed by atoms with E-state index >= 15 is 0 Å². The molecule has 1 rings (SSSR count). The molecule has 1 unspecified atom stereocenters. The highest BCUT2D eigenvalue weighted by Gasteiger charge is 2.17. The average Bonchev–Trinajstić information content (AvgIpc) is 3.15. The summed E-state index contributed by atoms with van der Waals surface area (Å²) in [6.07, 6.45) is 13.7. The smallest absolute Gasteiger partial charge is 0.241 e. The molecule has 0 bridgehead atoms. The Morgan fingerprint density at radius 2 is 1.79 bits per heavy atom. The summed E-state index contributed by atoms with van der Waals surface area (Å²) in [7, 11) is -1.52. The molecule has 0 radical (unpaired) electrons. The van der Waals surface area contributed by atoms with Crippen LogP contribution >= 0.6 is 0 Å². The second kappa shape index (κ2) is 13.8. The van der Waals surface area contributed by atoms with Crippen LogP contribution in [0.15, 0.2) is 34.6 Å². The molecule has 0 aliphatic heterocycles. The Morgan fingerprint density at radius 1 is 1.14 bits per heavy atom. The maximum Gasteiger partial charge on any atom is 0.241 e. The minimum absolute atomic E-state index is 0.109. The average molecular weight is 409 g/mol. The summed E-state index contributed by atoms with van der Waals surface area (Å²) in [5.74, 6) is 1.78. The minimum atomic E-state index is -1.52. The van der Waals surface area contributed by atoms with Gasteiger partial charge < -0.3 is 13.9 Å². The Bertz CT molecular complexity index is 558. The maximum atomic E-state index is 11.9. The number of hydrogen-bond donors (Lipinski definition) is 1.